The Morgan fingerprint density at radius 3 is 1.00 bits per heavy atom. The van der Waals surface area contributed by atoms with Crippen molar-refractivity contribution >= 4 is 0 Å². The molecule has 0 aliphatic rings. The van der Waals surface area contributed by atoms with Gasteiger partial charge in [-0.15, -0.1) is 0 Å². The van der Waals surface area contributed by atoms with Gasteiger partial charge in [0.2, 0.25) is 0 Å². The van der Waals surface area contributed by atoms with Gasteiger partial charge in [0.05, 0.1) is 0 Å². The minimum Gasteiger partial charge on any atom is 0 e. The van der Waals surface area contributed by atoms with E-state index in [2.05, 4.69) is 0 Å². The maximum Gasteiger partial charge on any atom is 0 e. The molecule has 0 heterocycles. The predicted octanol–water partition coefficient (Wildman–Crippen LogP) is 0. The van der Waals surface area contributed by atoms with Gasteiger partial charge in [-0.05, 0) is 0 Å². The minimum atomic E-state index is 0. The van der Waals surface area contributed by atoms with E-state index < -0.39 is 0 Å². The molecular formula is DyErHoLuTbTmYb. The molecule has 0 saturated carbocycles. The quantitative estimate of drug-likeness (QED) is 0.301. The van der Waals surface area contributed by atoms with E-state index in [0.29, 0.717) is 0 Å². The molecule has 0 bridgehead atoms. The van der Waals surface area contributed by atoms with E-state index in [0.717, 1.165) is 0 Å². The van der Waals surface area contributed by atoms with E-state index in [1.807, 2.05) is 0 Å². The van der Waals surface area contributed by atoms with Crippen molar-refractivity contribution in [2.24, 2.45) is 0 Å². The number of hydrogen-bond acceptors (Lipinski definition) is 0. The Balaban J connectivity index is 0. The molecule has 0 atom stereocenters. The first-order chi connectivity index (χ1) is 0. The fourth-order valence-electron chi connectivity index (χ4n) is 0. The van der Waals surface area contributed by atoms with Gasteiger partial charge in [0.15, 0.2) is 0 Å². The number of rotatable bonds is 0. The third kappa shape index (κ3) is 31.3. The molecule has 0 aromatic carbocycles. The summed E-state index contributed by atoms with van der Waals surface area (Å²) >= 11 is 0. The van der Waals surface area contributed by atoms with Crippen LogP contribution in [0.1, 0.15) is 0 Å². The van der Waals surface area contributed by atoms with E-state index in [9.17, 15) is 0 Å². The summed E-state index contributed by atoms with van der Waals surface area (Å²) in [4.78, 5) is 0. The normalized spacial score (nSPS) is 0. The van der Waals surface area contributed by atoms with Crippen LogP contribution in [0.5, 0.6) is 0 Å². The molecule has 0 aromatic rings. The van der Waals surface area contributed by atoms with Gasteiger partial charge in [-0.25, -0.2) is 0 Å². The molecule has 7 heteroatoms. The Morgan fingerprint density at radius 1 is 1.00 bits per heavy atom. The monoisotopic (exact) mass is 1170 g/mol. The van der Waals surface area contributed by atoms with Crippen molar-refractivity contribution in [2.75, 3.05) is 0 Å². The summed E-state index contributed by atoms with van der Waals surface area (Å²) in [6.45, 7) is 0. The number of hydrogen-bond donors (Lipinski definition) is 0. The van der Waals surface area contributed by atoms with Crippen molar-refractivity contribution < 1.29 is 273 Å². The molecule has 0 aliphatic carbocycles. The van der Waals surface area contributed by atoms with Crippen LogP contribution >= 0.6 is 0 Å². The third-order valence-corrected chi connectivity index (χ3v) is 0. The average Bonchev–Trinajstić information content (AvgIpc) is 0. The standard InChI is InChI=1S/Dy.Er.Ho.Lu.Tb.Tm.Yb. The molecule has 0 N–H and O–H groups in total. The fourth-order valence-corrected chi connectivity index (χ4v) is 0. The molecular weight excluding hydrogens is 1170 g/mol. The Kier molecular flexibility index (Phi) is 230. The van der Waals surface area contributed by atoms with Crippen molar-refractivity contribution in [2.45, 2.75) is 0 Å². The summed E-state index contributed by atoms with van der Waals surface area (Å²) in [6, 6.07) is 0. The van der Waals surface area contributed by atoms with E-state index >= 15 is 0 Å². The van der Waals surface area contributed by atoms with Gasteiger partial charge in [0.1, 0.15) is 0 Å². The van der Waals surface area contributed by atoms with Gasteiger partial charge in [-0.3, -0.25) is 0 Å². The van der Waals surface area contributed by atoms with Gasteiger partial charge in [-0.1, -0.05) is 0 Å². The van der Waals surface area contributed by atoms with Crippen LogP contribution in [0, 0.1) is 273 Å². The Bertz CT molecular complexity index is 19.7. The van der Waals surface area contributed by atoms with Gasteiger partial charge in [0, 0.05) is 273 Å². The van der Waals surface area contributed by atoms with Gasteiger partial charge in [-0.2, -0.15) is 0 Å². The second-order valence-electron chi connectivity index (χ2n) is 0. The summed E-state index contributed by atoms with van der Waals surface area (Å²) in [5.74, 6) is 0. The second kappa shape index (κ2) is 36.3. The molecule has 0 rings (SSSR count). The smallest absolute Gasteiger partial charge is 0 e. The predicted molar refractivity (Wildman–Crippen MR) is 0 cm³/mol. The van der Waals surface area contributed by atoms with Crippen LogP contribution in [0.2, 0.25) is 0 Å². The molecule has 4 radical (unpaired) electrons. The summed E-state index contributed by atoms with van der Waals surface area (Å²) in [6.07, 6.45) is 0. The van der Waals surface area contributed by atoms with Crippen LogP contribution in [0.4, 0.5) is 0 Å². The van der Waals surface area contributed by atoms with Crippen LogP contribution < -0.4 is 0 Å². The van der Waals surface area contributed by atoms with Gasteiger partial charge < -0.3 is 0 Å². The van der Waals surface area contributed by atoms with Crippen molar-refractivity contribution in [3.63, 3.8) is 0 Å². The Hall–Kier alpha value is 9.05. The molecule has 0 saturated heterocycles. The largest absolute Gasteiger partial charge is 0 e. The minimum absolute atomic E-state index is 0. The summed E-state index contributed by atoms with van der Waals surface area (Å²) in [5.41, 5.74) is 0. The molecule has 0 aromatic heterocycles. The summed E-state index contributed by atoms with van der Waals surface area (Å²) in [5, 5.41) is 0. The molecule has 7 heavy (non-hydrogen) atoms. The second-order valence-corrected chi connectivity index (χ2v) is 0. The molecule has 84 valence electrons. The topological polar surface area (TPSA) is 0 Å². The van der Waals surface area contributed by atoms with Gasteiger partial charge in [0.25, 0.3) is 0 Å². The third-order valence-electron chi connectivity index (χ3n) is 0. The average molecular weight is 1170 g/mol. The van der Waals surface area contributed by atoms with Crippen molar-refractivity contribution in [1.29, 1.82) is 0 Å². The van der Waals surface area contributed by atoms with Crippen LogP contribution in [0.3, 0.4) is 0 Å². The molecule has 0 unspecified atom stereocenters. The zero-order valence-corrected chi connectivity index (χ0v) is 15.1. The first-order valence-corrected chi connectivity index (χ1v) is 0. The SMILES string of the molecule is [Dy].[Er].[Ho].[Lu].[Tb].[Tm].[Yb]. The zero-order chi connectivity index (χ0) is 0. The van der Waals surface area contributed by atoms with Crippen molar-refractivity contribution in [3.8, 4) is 0 Å². The van der Waals surface area contributed by atoms with Crippen LogP contribution in [0.25, 0.3) is 0 Å². The molecule has 0 fully saturated rings. The van der Waals surface area contributed by atoms with Crippen LogP contribution in [-0.2, 0) is 0 Å². The van der Waals surface area contributed by atoms with E-state index in [1.165, 1.54) is 0 Å². The molecule has 0 amide bonds. The van der Waals surface area contributed by atoms with Crippen LogP contribution in [-0.4, -0.2) is 0 Å². The first kappa shape index (κ1) is 44.4. The maximum absolute atomic E-state index is 0. The van der Waals surface area contributed by atoms with E-state index in [-0.39, 0.29) is 273 Å². The molecule has 0 nitrogen and oxygen atoms in total. The zero-order valence-electron chi connectivity index (χ0n) is 2.04. The van der Waals surface area contributed by atoms with Crippen molar-refractivity contribution in [1.82, 2.24) is 0 Å². The first-order valence-electron chi connectivity index (χ1n) is 0. The van der Waals surface area contributed by atoms with Crippen molar-refractivity contribution in [3.05, 3.63) is 0 Å². The van der Waals surface area contributed by atoms with E-state index in [1.54, 1.807) is 0 Å². The fraction of sp³-hybridized carbons (Fsp3) is 0. The van der Waals surface area contributed by atoms with Crippen LogP contribution in [0.15, 0.2) is 0 Å². The summed E-state index contributed by atoms with van der Waals surface area (Å²) in [7, 11) is 0. The maximum atomic E-state index is 0. The summed E-state index contributed by atoms with van der Waals surface area (Å²) < 4.78 is 0. The molecule has 0 spiro atoms. The van der Waals surface area contributed by atoms with E-state index in [4.69, 9.17) is 0 Å². The van der Waals surface area contributed by atoms with Gasteiger partial charge >= 0.3 is 0 Å². The Morgan fingerprint density at radius 2 is 1.00 bits per heavy atom. The Labute approximate surface area is 262 Å². The molecule has 0 aliphatic heterocycles.